The van der Waals surface area contributed by atoms with Crippen LogP contribution in [0.1, 0.15) is 49.8 Å². The van der Waals surface area contributed by atoms with Crippen molar-refractivity contribution in [2.45, 2.75) is 38.5 Å². The average Bonchev–Trinajstić information content (AvgIpc) is 3.39. The Bertz CT molecular complexity index is 1680. The number of aromatic amines is 1. The molecule has 0 radical (unpaired) electrons. The molecule has 2 aromatic carbocycles. The van der Waals surface area contributed by atoms with Crippen molar-refractivity contribution in [3.8, 4) is 11.4 Å². The van der Waals surface area contributed by atoms with Gasteiger partial charge in [-0.3, -0.25) is 24.3 Å². The van der Waals surface area contributed by atoms with E-state index >= 15 is 0 Å². The molecule has 2 fully saturated rings. The Morgan fingerprint density at radius 1 is 1.05 bits per heavy atom. The Hall–Kier alpha value is -4.31. The average molecular weight is 579 g/mol. The maximum atomic E-state index is 13.7. The van der Waals surface area contributed by atoms with Crippen LogP contribution in [0.3, 0.4) is 0 Å². The quantitative estimate of drug-likeness (QED) is 0.336. The molecule has 0 bridgehead atoms. The molecule has 1 atom stereocenters. The number of carbonyl (C=O) groups is 2. The standard InChI is InChI=1S/C33H38N8O2/c1-3-41(27-10-11-29-28(18-27)31(36-35-29)24-6-7-24)33(43)26-12-15-39(19-26)20-30(42)40-16-13-23(14-17-40)22-4-8-25(9-5-22)32-34-21-38(2)37-32/h4-5,8-11,13,18,21,24,26H,3,6-7,12,14-17,19-20H2,1-2H3,(H,35,36). The van der Waals surface area contributed by atoms with Crippen LogP contribution in [0.25, 0.3) is 27.9 Å². The number of H-pyrrole nitrogens is 1. The number of hydrogen-bond donors (Lipinski definition) is 1. The Morgan fingerprint density at radius 3 is 2.56 bits per heavy atom. The highest BCUT2D eigenvalue weighted by molar-refractivity contribution is 5.98. The van der Waals surface area contributed by atoms with Gasteiger partial charge in [-0.2, -0.15) is 10.2 Å². The van der Waals surface area contributed by atoms with Gasteiger partial charge in [0.25, 0.3) is 0 Å². The number of likely N-dealkylation sites (tertiary alicyclic amines) is 1. The van der Waals surface area contributed by atoms with Crippen molar-refractivity contribution in [3.63, 3.8) is 0 Å². The van der Waals surface area contributed by atoms with Gasteiger partial charge in [-0.05, 0) is 68.5 Å². The van der Waals surface area contributed by atoms with Crippen molar-refractivity contribution in [2.75, 3.05) is 44.2 Å². The van der Waals surface area contributed by atoms with E-state index in [2.05, 4.69) is 61.6 Å². The topological polar surface area (TPSA) is 103 Å². The summed E-state index contributed by atoms with van der Waals surface area (Å²) in [6.07, 6.45) is 7.86. The van der Waals surface area contributed by atoms with Gasteiger partial charge in [-0.1, -0.05) is 30.3 Å². The third kappa shape index (κ3) is 5.59. The highest BCUT2D eigenvalue weighted by atomic mass is 16.2. The third-order valence-electron chi connectivity index (χ3n) is 9.10. The lowest BCUT2D eigenvalue weighted by Crippen LogP contribution is -2.42. The SMILES string of the molecule is CCN(C(=O)C1CCN(CC(=O)N2CC=C(c3ccc(-c4ncn(C)n4)cc3)CC2)C1)c1ccc2n[nH]c(C3CC3)c2c1. The molecule has 2 amide bonds. The molecule has 4 aromatic rings. The van der Waals surface area contributed by atoms with Gasteiger partial charge in [-0.15, -0.1) is 0 Å². The van der Waals surface area contributed by atoms with Gasteiger partial charge in [0, 0.05) is 61.5 Å². The zero-order valence-corrected chi connectivity index (χ0v) is 24.9. The molecule has 1 N–H and O–H groups in total. The molecule has 1 unspecified atom stereocenters. The minimum atomic E-state index is -0.104. The number of amides is 2. The second kappa shape index (κ2) is 11.4. The molecule has 1 saturated heterocycles. The summed E-state index contributed by atoms with van der Waals surface area (Å²) in [6.45, 7) is 5.69. The number of aryl methyl sites for hydroxylation is 1. The van der Waals surface area contributed by atoms with E-state index in [0.717, 1.165) is 47.4 Å². The van der Waals surface area contributed by atoms with Gasteiger partial charge in [0.05, 0.1) is 18.0 Å². The van der Waals surface area contributed by atoms with Crippen molar-refractivity contribution in [1.82, 2.24) is 34.8 Å². The maximum absolute atomic E-state index is 13.7. The van der Waals surface area contributed by atoms with Crippen LogP contribution in [-0.4, -0.2) is 85.8 Å². The van der Waals surface area contributed by atoms with Crippen molar-refractivity contribution in [3.05, 3.63) is 66.1 Å². The number of nitrogens with zero attached hydrogens (tertiary/aromatic N) is 7. The Labute approximate surface area is 251 Å². The van der Waals surface area contributed by atoms with E-state index in [1.807, 2.05) is 35.9 Å². The molecule has 10 heteroatoms. The lowest BCUT2D eigenvalue weighted by Gasteiger charge is -2.29. The van der Waals surface area contributed by atoms with E-state index in [1.54, 1.807) is 11.0 Å². The van der Waals surface area contributed by atoms with E-state index in [0.29, 0.717) is 38.6 Å². The lowest BCUT2D eigenvalue weighted by atomic mass is 9.98. The fraction of sp³-hybridized carbons (Fsp3) is 0.424. The van der Waals surface area contributed by atoms with Gasteiger partial charge in [0.15, 0.2) is 5.82 Å². The molecule has 0 spiro atoms. The van der Waals surface area contributed by atoms with Gasteiger partial charge >= 0.3 is 0 Å². The first-order chi connectivity index (χ1) is 21.0. The first kappa shape index (κ1) is 27.5. The third-order valence-corrected chi connectivity index (χ3v) is 9.10. The Morgan fingerprint density at radius 2 is 1.86 bits per heavy atom. The number of anilines is 1. The first-order valence-corrected chi connectivity index (χ1v) is 15.4. The van der Waals surface area contributed by atoms with Crippen LogP contribution in [0.4, 0.5) is 5.69 Å². The number of nitrogens with one attached hydrogen (secondary N) is 1. The fourth-order valence-corrected chi connectivity index (χ4v) is 6.49. The summed E-state index contributed by atoms with van der Waals surface area (Å²) in [6, 6.07) is 14.4. The van der Waals surface area contributed by atoms with Crippen molar-refractivity contribution >= 4 is 34.0 Å². The molecule has 10 nitrogen and oxygen atoms in total. The van der Waals surface area contributed by atoms with Crippen molar-refractivity contribution < 1.29 is 9.59 Å². The number of hydrogen-bond acceptors (Lipinski definition) is 6. The van der Waals surface area contributed by atoms with E-state index < -0.39 is 0 Å². The summed E-state index contributed by atoms with van der Waals surface area (Å²) >= 11 is 0. The van der Waals surface area contributed by atoms with Crippen LogP contribution in [-0.2, 0) is 16.6 Å². The number of benzene rings is 2. The second-order valence-corrected chi connectivity index (χ2v) is 12.1. The van der Waals surface area contributed by atoms with Crippen molar-refractivity contribution in [2.24, 2.45) is 13.0 Å². The molecule has 1 saturated carbocycles. The van der Waals surface area contributed by atoms with Crippen LogP contribution in [0.5, 0.6) is 0 Å². The van der Waals surface area contributed by atoms with Gasteiger partial charge < -0.3 is 9.80 Å². The summed E-state index contributed by atoms with van der Waals surface area (Å²) in [5.74, 6) is 1.45. The first-order valence-electron chi connectivity index (χ1n) is 15.4. The van der Waals surface area contributed by atoms with Crippen LogP contribution >= 0.6 is 0 Å². The molecule has 43 heavy (non-hydrogen) atoms. The van der Waals surface area contributed by atoms with Crippen LogP contribution < -0.4 is 4.90 Å². The number of fused-ring (bicyclic) bond motifs is 1. The van der Waals surface area contributed by atoms with Crippen LogP contribution in [0, 0.1) is 5.92 Å². The molecule has 4 heterocycles. The Kier molecular flexibility index (Phi) is 7.30. The molecule has 2 aliphatic heterocycles. The molecular weight excluding hydrogens is 540 g/mol. The summed E-state index contributed by atoms with van der Waals surface area (Å²) in [7, 11) is 1.86. The molecule has 3 aliphatic rings. The van der Waals surface area contributed by atoms with Crippen LogP contribution in [0.15, 0.2) is 54.9 Å². The monoisotopic (exact) mass is 578 g/mol. The van der Waals surface area contributed by atoms with Gasteiger partial charge in [-0.25, -0.2) is 4.98 Å². The maximum Gasteiger partial charge on any atom is 0.237 e. The highest BCUT2D eigenvalue weighted by Crippen LogP contribution is 2.42. The van der Waals surface area contributed by atoms with E-state index in [4.69, 9.17) is 0 Å². The Balaban J connectivity index is 0.938. The highest BCUT2D eigenvalue weighted by Gasteiger charge is 2.34. The predicted octanol–water partition coefficient (Wildman–Crippen LogP) is 4.23. The largest absolute Gasteiger partial charge is 0.338 e. The number of rotatable bonds is 8. The summed E-state index contributed by atoms with van der Waals surface area (Å²) in [5.41, 5.74) is 6.50. The van der Waals surface area contributed by atoms with Crippen molar-refractivity contribution in [1.29, 1.82) is 0 Å². The summed E-state index contributed by atoms with van der Waals surface area (Å²) < 4.78 is 1.70. The van der Waals surface area contributed by atoms with Gasteiger partial charge in [0.2, 0.25) is 11.8 Å². The molecule has 222 valence electrons. The fourth-order valence-electron chi connectivity index (χ4n) is 6.49. The van der Waals surface area contributed by atoms with E-state index in [1.165, 1.54) is 29.7 Å². The predicted molar refractivity (Wildman–Crippen MR) is 166 cm³/mol. The lowest BCUT2D eigenvalue weighted by molar-refractivity contribution is -0.132. The zero-order valence-electron chi connectivity index (χ0n) is 24.9. The minimum Gasteiger partial charge on any atom is -0.338 e. The summed E-state index contributed by atoms with van der Waals surface area (Å²) in [4.78, 5) is 37.2. The van der Waals surface area contributed by atoms with Crippen LogP contribution in [0.2, 0.25) is 0 Å². The van der Waals surface area contributed by atoms with E-state index in [9.17, 15) is 9.59 Å². The molecular formula is C33H38N8O2. The second-order valence-electron chi connectivity index (χ2n) is 12.1. The smallest absolute Gasteiger partial charge is 0.237 e. The molecule has 7 rings (SSSR count). The zero-order chi connectivity index (χ0) is 29.5. The normalized spacial score (nSPS) is 19.2. The number of aromatic nitrogens is 5. The van der Waals surface area contributed by atoms with E-state index in [-0.39, 0.29) is 17.7 Å². The summed E-state index contributed by atoms with van der Waals surface area (Å²) in [5, 5.41) is 13.2. The molecule has 2 aromatic heterocycles. The van der Waals surface area contributed by atoms with Gasteiger partial charge in [0.1, 0.15) is 6.33 Å². The molecule has 1 aliphatic carbocycles. The number of carbonyl (C=O) groups excluding carboxylic acids is 2. The minimum absolute atomic E-state index is 0.104.